The van der Waals surface area contributed by atoms with E-state index in [4.69, 9.17) is 9.84 Å². The minimum absolute atomic E-state index is 0.341. The van der Waals surface area contributed by atoms with Gasteiger partial charge in [-0.2, -0.15) is 0 Å². The molecule has 1 aliphatic rings. The zero-order valence-electron chi connectivity index (χ0n) is 13.7. The first-order valence-electron chi connectivity index (χ1n) is 7.95. The third-order valence-electron chi connectivity index (χ3n) is 4.23. The highest BCUT2D eigenvalue weighted by Crippen LogP contribution is 2.18. The lowest BCUT2D eigenvalue weighted by Gasteiger charge is -2.35. The normalized spacial score (nSPS) is 15.3. The Morgan fingerprint density at radius 3 is 2.62 bits per heavy atom. The van der Waals surface area contributed by atoms with Crippen LogP contribution in [0.1, 0.15) is 15.9 Å². The van der Waals surface area contributed by atoms with Crippen molar-refractivity contribution in [3.8, 4) is 5.75 Å². The number of aromatic carboxylic acids is 1. The van der Waals surface area contributed by atoms with Crippen LogP contribution in [0.5, 0.6) is 5.75 Å². The largest absolute Gasteiger partial charge is 0.495 e. The second kappa shape index (κ2) is 7.31. The first-order valence-corrected chi connectivity index (χ1v) is 7.95. The highest BCUT2D eigenvalue weighted by atomic mass is 16.5. The summed E-state index contributed by atoms with van der Waals surface area (Å²) >= 11 is 0. The summed E-state index contributed by atoms with van der Waals surface area (Å²) in [6.45, 7) is 4.41. The molecule has 1 saturated heterocycles. The van der Waals surface area contributed by atoms with Crippen LogP contribution in [0.3, 0.4) is 0 Å². The number of aromatic nitrogens is 1. The molecule has 0 unspecified atom stereocenters. The van der Waals surface area contributed by atoms with Crippen molar-refractivity contribution in [1.29, 1.82) is 0 Å². The van der Waals surface area contributed by atoms with Crippen molar-refractivity contribution in [3.63, 3.8) is 0 Å². The average Bonchev–Trinajstić information content (AvgIpc) is 2.63. The molecule has 1 fully saturated rings. The van der Waals surface area contributed by atoms with Crippen molar-refractivity contribution >= 4 is 11.8 Å². The van der Waals surface area contributed by atoms with Crippen LogP contribution < -0.4 is 9.64 Å². The summed E-state index contributed by atoms with van der Waals surface area (Å²) in [5.74, 6) is 0.839. The first kappa shape index (κ1) is 16.3. The monoisotopic (exact) mass is 327 g/mol. The number of benzene rings is 1. The van der Waals surface area contributed by atoms with Crippen LogP contribution in [-0.2, 0) is 6.54 Å². The second-order valence-corrected chi connectivity index (χ2v) is 5.82. The van der Waals surface area contributed by atoms with E-state index in [0.29, 0.717) is 5.56 Å². The fourth-order valence-electron chi connectivity index (χ4n) is 2.88. The van der Waals surface area contributed by atoms with E-state index in [1.54, 1.807) is 31.5 Å². The number of piperazine rings is 1. The highest BCUT2D eigenvalue weighted by Gasteiger charge is 2.18. The van der Waals surface area contributed by atoms with Gasteiger partial charge in [-0.25, -0.2) is 9.78 Å². The summed E-state index contributed by atoms with van der Waals surface area (Å²) in [5, 5.41) is 9.08. The van der Waals surface area contributed by atoms with Gasteiger partial charge in [-0.15, -0.1) is 0 Å². The summed E-state index contributed by atoms with van der Waals surface area (Å²) < 4.78 is 5.14. The smallest absolute Gasteiger partial charge is 0.335 e. The fourth-order valence-corrected chi connectivity index (χ4v) is 2.88. The Labute approximate surface area is 141 Å². The molecule has 1 N–H and O–H groups in total. The Kier molecular flexibility index (Phi) is 4.96. The molecule has 2 heterocycles. The zero-order valence-corrected chi connectivity index (χ0v) is 13.7. The van der Waals surface area contributed by atoms with Gasteiger partial charge in [0.25, 0.3) is 0 Å². The molecule has 6 heteroatoms. The summed E-state index contributed by atoms with van der Waals surface area (Å²) in [6, 6.07) is 11.1. The predicted octanol–water partition coefficient (Wildman–Crippen LogP) is 2.11. The minimum atomic E-state index is -0.882. The Balaban J connectivity index is 1.56. The van der Waals surface area contributed by atoms with Gasteiger partial charge in [0.1, 0.15) is 11.6 Å². The van der Waals surface area contributed by atoms with Crippen molar-refractivity contribution in [2.45, 2.75) is 6.54 Å². The first-order chi connectivity index (χ1) is 11.7. The number of hydrogen-bond acceptors (Lipinski definition) is 5. The maximum absolute atomic E-state index is 11.1. The average molecular weight is 327 g/mol. The number of rotatable bonds is 5. The third kappa shape index (κ3) is 3.83. The molecule has 126 valence electrons. The van der Waals surface area contributed by atoms with E-state index in [2.05, 4.69) is 14.8 Å². The van der Waals surface area contributed by atoms with E-state index in [-0.39, 0.29) is 0 Å². The number of carboxylic acids is 1. The summed E-state index contributed by atoms with van der Waals surface area (Å²) in [4.78, 5) is 20.1. The second-order valence-electron chi connectivity index (χ2n) is 5.82. The molecule has 24 heavy (non-hydrogen) atoms. The van der Waals surface area contributed by atoms with Crippen LogP contribution in [0.4, 0.5) is 5.82 Å². The maximum atomic E-state index is 11.1. The topological polar surface area (TPSA) is 65.9 Å². The molecule has 0 aliphatic carbocycles. The lowest BCUT2D eigenvalue weighted by atomic mass is 10.1. The lowest BCUT2D eigenvalue weighted by Crippen LogP contribution is -2.46. The Bertz CT molecular complexity index is 695. The molecule has 0 radical (unpaired) electrons. The van der Waals surface area contributed by atoms with Gasteiger partial charge in [0.2, 0.25) is 0 Å². The molecule has 0 bridgehead atoms. The van der Waals surface area contributed by atoms with Gasteiger partial charge < -0.3 is 14.7 Å². The SMILES string of the molecule is COc1ccc(N2CCN(Cc3cccc(C(=O)O)c3)CC2)nc1. The Morgan fingerprint density at radius 1 is 1.21 bits per heavy atom. The van der Waals surface area contributed by atoms with Gasteiger partial charge in [0.05, 0.1) is 18.9 Å². The molecule has 6 nitrogen and oxygen atoms in total. The molecular weight excluding hydrogens is 306 g/mol. The molecule has 2 aromatic rings. The fraction of sp³-hybridized carbons (Fsp3) is 0.333. The molecular formula is C18H21N3O3. The van der Waals surface area contributed by atoms with E-state index < -0.39 is 5.97 Å². The molecule has 1 aliphatic heterocycles. The third-order valence-corrected chi connectivity index (χ3v) is 4.23. The minimum Gasteiger partial charge on any atom is -0.495 e. The van der Waals surface area contributed by atoms with Gasteiger partial charge in [-0.1, -0.05) is 12.1 Å². The predicted molar refractivity (Wildman–Crippen MR) is 91.7 cm³/mol. The number of pyridine rings is 1. The van der Waals surface area contributed by atoms with Crippen molar-refractivity contribution < 1.29 is 14.6 Å². The lowest BCUT2D eigenvalue weighted by molar-refractivity contribution is 0.0696. The highest BCUT2D eigenvalue weighted by molar-refractivity contribution is 5.87. The molecule has 0 saturated carbocycles. The van der Waals surface area contributed by atoms with Crippen LogP contribution in [-0.4, -0.2) is 54.2 Å². The number of carbonyl (C=O) groups is 1. The maximum Gasteiger partial charge on any atom is 0.335 e. The standard InChI is InChI=1S/C18H21N3O3/c1-24-16-5-6-17(19-12-16)21-9-7-20(8-10-21)13-14-3-2-4-15(11-14)18(22)23/h2-6,11-12H,7-10,13H2,1H3,(H,22,23). The number of ether oxygens (including phenoxy) is 1. The van der Waals surface area contributed by atoms with E-state index >= 15 is 0 Å². The quantitative estimate of drug-likeness (QED) is 0.907. The van der Waals surface area contributed by atoms with E-state index in [1.807, 2.05) is 18.2 Å². The number of anilines is 1. The van der Waals surface area contributed by atoms with Gasteiger partial charge in [0.15, 0.2) is 0 Å². The van der Waals surface area contributed by atoms with Crippen LogP contribution >= 0.6 is 0 Å². The number of carboxylic acid groups (broad SMARTS) is 1. The number of methoxy groups -OCH3 is 1. The van der Waals surface area contributed by atoms with Crippen molar-refractivity contribution in [2.24, 2.45) is 0 Å². The molecule has 1 aromatic heterocycles. The van der Waals surface area contributed by atoms with Gasteiger partial charge in [-0.3, -0.25) is 4.90 Å². The molecule has 1 aromatic carbocycles. The van der Waals surface area contributed by atoms with E-state index in [0.717, 1.165) is 49.9 Å². The van der Waals surface area contributed by atoms with Crippen LogP contribution in [0.15, 0.2) is 42.6 Å². The van der Waals surface area contributed by atoms with E-state index in [1.165, 1.54) is 0 Å². The van der Waals surface area contributed by atoms with Crippen molar-refractivity contribution in [3.05, 3.63) is 53.7 Å². The van der Waals surface area contributed by atoms with Crippen molar-refractivity contribution in [1.82, 2.24) is 9.88 Å². The molecule has 3 rings (SSSR count). The summed E-state index contributed by atoms with van der Waals surface area (Å²) in [5.41, 5.74) is 1.37. The molecule has 0 spiro atoms. The van der Waals surface area contributed by atoms with Crippen LogP contribution in [0.25, 0.3) is 0 Å². The van der Waals surface area contributed by atoms with Gasteiger partial charge in [-0.05, 0) is 29.8 Å². The summed E-state index contributed by atoms with van der Waals surface area (Å²) in [7, 11) is 1.63. The van der Waals surface area contributed by atoms with Crippen LogP contribution in [0, 0.1) is 0 Å². The summed E-state index contributed by atoms with van der Waals surface area (Å²) in [6.07, 6.45) is 1.74. The number of nitrogens with zero attached hydrogens (tertiary/aromatic N) is 3. The number of hydrogen-bond donors (Lipinski definition) is 1. The molecule has 0 amide bonds. The van der Waals surface area contributed by atoms with Crippen molar-refractivity contribution in [2.75, 3.05) is 38.2 Å². The van der Waals surface area contributed by atoms with Crippen LogP contribution in [0.2, 0.25) is 0 Å². The van der Waals surface area contributed by atoms with Gasteiger partial charge in [0, 0.05) is 32.7 Å². The Hall–Kier alpha value is -2.60. The Morgan fingerprint density at radius 2 is 2.00 bits per heavy atom. The zero-order chi connectivity index (χ0) is 16.9. The molecule has 0 atom stereocenters. The van der Waals surface area contributed by atoms with E-state index in [9.17, 15) is 4.79 Å². The van der Waals surface area contributed by atoms with Gasteiger partial charge >= 0.3 is 5.97 Å².